The zero-order chi connectivity index (χ0) is 8.15. The van der Waals surface area contributed by atoms with Gasteiger partial charge in [-0.05, 0) is 35.9 Å². The summed E-state index contributed by atoms with van der Waals surface area (Å²) in [5.74, 6) is 0. The van der Waals surface area contributed by atoms with Crippen LogP contribution in [-0.4, -0.2) is 0 Å². The predicted octanol–water partition coefficient (Wildman–Crippen LogP) is 2.70. The lowest BCUT2D eigenvalue weighted by Crippen LogP contribution is -1.96. The van der Waals surface area contributed by atoms with Crippen molar-refractivity contribution in [2.75, 3.05) is 0 Å². The minimum absolute atomic E-state index is 0.718. The Bertz CT molecular complexity index is 189. The van der Waals surface area contributed by atoms with E-state index in [1.807, 2.05) is 26.0 Å². The first-order chi connectivity index (χ1) is 4.57. The Hall–Kier alpha value is -0.500. The molecule has 0 fully saturated rings. The summed E-state index contributed by atoms with van der Waals surface area (Å²) < 4.78 is 0.913. The zero-order valence-electron chi connectivity index (χ0n) is 6.32. The van der Waals surface area contributed by atoms with E-state index in [1.165, 1.54) is 0 Å². The highest BCUT2D eigenvalue weighted by molar-refractivity contribution is 9.11. The third-order valence-corrected chi connectivity index (χ3v) is 1.85. The van der Waals surface area contributed by atoms with Gasteiger partial charge >= 0.3 is 0 Å². The molecule has 1 nitrogen and oxygen atoms in total. The number of hydrogen-bond donors (Lipinski definition) is 1. The Morgan fingerprint density at radius 3 is 2.40 bits per heavy atom. The first kappa shape index (κ1) is 9.50. The number of halogens is 1. The van der Waals surface area contributed by atoms with E-state index in [2.05, 4.69) is 22.5 Å². The van der Waals surface area contributed by atoms with Gasteiger partial charge < -0.3 is 5.73 Å². The van der Waals surface area contributed by atoms with Gasteiger partial charge in [0.05, 0.1) is 0 Å². The van der Waals surface area contributed by atoms with Crippen molar-refractivity contribution in [3.05, 3.63) is 34.5 Å². The second kappa shape index (κ2) is 4.34. The molecule has 0 atom stereocenters. The topological polar surface area (TPSA) is 26.0 Å². The predicted molar refractivity (Wildman–Crippen MR) is 49.8 cm³/mol. The summed E-state index contributed by atoms with van der Waals surface area (Å²) in [6, 6.07) is 0. The van der Waals surface area contributed by atoms with Crippen LogP contribution in [0.4, 0.5) is 0 Å². The standard InChI is InChI=1S/C8H12BrN/c1-4-7(9)8(10)5-6(2)3/h4-5H,2,10H2,1,3H3/b7-4+,8-5+. The molecule has 0 aliphatic rings. The molecule has 0 heterocycles. The van der Waals surface area contributed by atoms with Crippen LogP contribution in [0.1, 0.15) is 13.8 Å². The number of hydrogen-bond acceptors (Lipinski definition) is 1. The minimum Gasteiger partial charge on any atom is -0.398 e. The quantitative estimate of drug-likeness (QED) is 0.684. The van der Waals surface area contributed by atoms with Crippen LogP contribution < -0.4 is 5.73 Å². The summed E-state index contributed by atoms with van der Waals surface area (Å²) >= 11 is 3.30. The number of nitrogens with two attached hydrogens (primary N) is 1. The van der Waals surface area contributed by atoms with Crippen molar-refractivity contribution in [3.8, 4) is 0 Å². The molecule has 2 N–H and O–H groups in total. The highest BCUT2D eigenvalue weighted by Crippen LogP contribution is 2.12. The molecule has 0 spiro atoms. The van der Waals surface area contributed by atoms with Crippen LogP contribution in [0.3, 0.4) is 0 Å². The number of allylic oxidation sites excluding steroid dienone is 4. The van der Waals surface area contributed by atoms with Gasteiger partial charge in [-0.3, -0.25) is 0 Å². The van der Waals surface area contributed by atoms with Gasteiger partial charge in [-0.15, -0.1) is 0 Å². The van der Waals surface area contributed by atoms with Crippen molar-refractivity contribution in [3.63, 3.8) is 0 Å². The van der Waals surface area contributed by atoms with Gasteiger partial charge in [-0.25, -0.2) is 0 Å². The van der Waals surface area contributed by atoms with Crippen LogP contribution in [-0.2, 0) is 0 Å². The molecular formula is C8H12BrN. The van der Waals surface area contributed by atoms with Crippen LogP contribution in [0.15, 0.2) is 34.5 Å². The Labute approximate surface area is 70.4 Å². The van der Waals surface area contributed by atoms with Crippen LogP contribution in [0.25, 0.3) is 0 Å². The second-order valence-electron chi connectivity index (χ2n) is 2.08. The molecule has 0 aromatic carbocycles. The highest BCUT2D eigenvalue weighted by atomic mass is 79.9. The highest BCUT2D eigenvalue weighted by Gasteiger charge is 1.91. The first-order valence-corrected chi connectivity index (χ1v) is 3.82. The molecule has 0 rings (SSSR count). The lowest BCUT2D eigenvalue weighted by molar-refractivity contribution is 1.36. The Kier molecular flexibility index (Phi) is 4.12. The lowest BCUT2D eigenvalue weighted by Gasteiger charge is -1.97. The molecule has 56 valence electrons. The van der Waals surface area contributed by atoms with Gasteiger partial charge in [-0.2, -0.15) is 0 Å². The zero-order valence-corrected chi connectivity index (χ0v) is 7.90. The summed E-state index contributed by atoms with van der Waals surface area (Å²) in [5.41, 5.74) is 7.29. The van der Waals surface area contributed by atoms with Crippen molar-refractivity contribution < 1.29 is 0 Å². The van der Waals surface area contributed by atoms with Gasteiger partial charge in [0.2, 0.25) is 0 Å². The Morgan fingerprint density at radius 1 is 1.60 bits per heavy atom. The maximum absolute atomic E-state index is 5.61. The second-order valence-corrected chi connectivity index (χ2v) is 2.94. The molecule has 0 aliphatic heterocycles. The van der Waals surface area contributed by atoms with Crippen LogP contribution >= 0.6 is 15.9 Å². The molecule has 0 unspecified atom stereocenters. The van der Waals surface area contributed by atoms with Crippen molar-refractivity contribution in [2.45, 2.75) is 13.8 Å². The molecular weight excluding hydrogens is 190 g/mol. The SMILES string of the molecule is C=C(C)/C=C(N)\C(Br)=C/C. The van der Waals surface area contributed by atoms with Gasteiger partial charge in [0.1, 0.15) is 0 Å². The smallest absolute Gasteiger partial charge is 0.0457 e. The summed E-state index contributed by atoms with van der Waals surface area (Å²) in [7, 11) is 0. The largest absolute Gasteiger partial charge is 0.398 e. The van der Waals surface area contributed by atoms with E-state index < -0.39 is 0 Å². The van der Waals surface area contributed by atoms with Gasteiger partial charge in [0.25, 0.3) is 0 Å². The van der Waals surface area contributed by atoms with Crippen LogP contribution in [0.5, 0.6) is 0 Å². The van der Waals surface area contributed by atoms with E-state index >= 15 is 0 Å². The molecule has 0 aromatic heterocycles. The lowest BCUT2D eigenvalue weighted by atomic mass is 10.2. The van der Waals surface area contributed by atoms with E-state index in [-0.39, 0.29) is 0 Å². The normalized spacial score (nSPS) is 13.5. The van der Waals surface area contributed by atoms with Crippen molar-refractivity contribution >= 4 is 15.9 Å². The van der Waals surface area contributed by atoms with E-state index in [4.69, 9.17) is 5.73 Å². The maximum atomic E-state index is 5.61. The molecule has 10 heavy (non-hydrogen) atoms. The molecule has 0 aliphatic carbocycles. The van der Waals surface area contributed by atoms with Crippen LogP contribution in [0.2, 0.25) is 0 Å². The van der Waals surface area contributed by atoms with Crippen molar-refractivity contribution in [1.29, 1.82) is 0 Å². The summed E-state index contributed by atoms with van der Waals surface area (Å²) in [6.07, 6.45) is 3.72. The molecule has 2 heteroatoms. The summed E-state index contributed by atoms with van der Waals surface area (Å²) in [6.45, 7) is 7.53. The van der Waals surface area contributed by atoms with Gasteiger partial charge in [0.15, 0.2) is 0 Å². The molecule has 0 saturated carbocycles. The van der Waals surface area contributed by atoms with Gasteiger partial charge in [0, 0.05) is 10.2 Å². The van der Waals surface area contributed by atoms with E-state index in [9.17, 15) is 0 Å². The average Bonchev–Trinajstić information content (AvgIpc) is 1.85. The van der Waals surface area contributed by atoms with E-state index in [1.54, 1.807) is 0 Å². The molecule has 0 saturated heterocycles. The van der Waals surface area contributed by atoms with Crippen LogP contribution in [0, 0.1) is 0 Å². The number of rotatable bonds is 2. The fraction of sp³-hybridized carbons (Fsp3) is 0.250. The molecule has 0 radical (unpaired) electrons. The monoisotopic (exact) mass is 201 g/mol. The Balaban J connectivity index is 4.35. The fourth-order valence-corrected chi connectivity index (χ4v) is 0.616. The minimum atomic E-state index is 0.718. The third kappa shape index (κ3) is 3.51. The molecule has 0 amide bonds. The molecule has 0 aromatic rings. The van der Waals surface area contributed by atoms with Crippen molar-refractivity contribution in [2.24, 2.45) is 5.73 Å². The van der Waals surface area contributed by atoms with Crippen molar-refractivity contribution in [1.82, 2.24) is 0 Å². The van der Waals surface area contributed by atoms with E-state index in [0.29, 0.717) is 0 Å². The third-order valence-electron chi connectivity index (χ3n) is 0.931. The summed E-state index contributed by atoms with van der Waals surface area (Å²) in [4.78, 5) is 0. The van der Waals surface area contributed by atoms with E-state index in [0.717, 1.165) is 15.8 Å². The summed E-state index contributed by atoms with van der Waals surface area (Å²) in [5, 5.41) is 0. The first-order valence-electron chi connectivity index (χ1n) is 3.02. The fourth-order valence-electron chi connectivity index (χ4n) is 0.501. The Morgan fingerprint density at radius 2 is 2.10 bits per heavy atom. The average molecular weight is 202 g/mol. The maximum Gasteiger partial charge on any atom is 0.0457 e. The molecule has 0 bridgehead atoms. The van der Waals surface area contributed by atoms with Gasteiger partial charge in [-0.1, -0.05) is 18.2 Å².